The van der Waals surface area contributed by atoms with Gasteiger partial charge in [-0.1, -0.05) is 59.6 Å². The number of carbonyl (C=O) groups is 2. The first-order valence-electron chi connectivity index (χ1n) is 13.3. The lowest BCUT2D eigenvalue weighted by Gasteiger charge is -2.41. The molecule has 2 aromatic carbocycles. The molecule has 42 heavy (non-hydrogen) atoms. The van der Waals surface area contributed by atoms with Gasteiger partial charge in [-0.2, -0.15) is 0 Å². The van der Waals surface area contributed by atoms with E-state index in [0.717, 1.165) is 29.5 Å². The summed E-state index contributed by atoms with van der Waals surface area (Å²) in [5.41, 5.74) is 6.11. The van der Waals surface area contributed by atoms with Crippen LogP contribution in [0.1, 0.15) is 34.1 Å². The fraction of sp³-hybridized carbons (Fsp3) is 0.258. The zero-order chi connectivity index (χ0) is 29.5. The predicted molar refractivity (Wildman–Crippen MR) is 158 cm³/mol. The van der Waals surface area contributed by atoms with E-state index in [1.165, 1.54) is 13.3 Å². The highest BCUT2D eigenvalue weighted by molar-refractivity contribution is 6.39. The minimum atomic E-state index is -0.756. The minimum absolute atomic E-state index is 0.0813. The van der Waals surface area contributed by atoms with Crippen LogP contribution in [0.3, 0.4) is 0 Å². The fourth-order valence-corrected chi connectivity index (χ4v) is 6.43. The molecule has 0 amide bonds. The number of aliphatic carboxylic acids is 1. The van der Waals surface area contributed by atoms with Gasteiger partial charge in [0, 0.05) is 46.9 Å². The number of methoxy groups -OCH3 is 2. The van der Waals surface area contributed by atoms with Gasteiger partial charge in [0.05, 0.1) is 47.8 Å². The molecule has 0 bridgehead atoms. The van der Waals surface area contributed by atoms with Gasteiger partial charge in [0.2, 0.25) is 11.8 Å². The molecule has 0 saturated carbocycles. The van der Waals surface area contributed by atoms with E-state index in [0.29, 0.717) is 63.4 Å². The van der Waals surface area contributed by atoms with Crippen molar-refractivity contribution >= 4 is 35.5 Å². The molecule has 1 aliphatic heterocycles. The Morgan fingerprint density at radius 2 is 1.55 bits per heavy atom. The average molecular weight is 605 g/mol. The number of pyridine rings is 1. The number of fused-ring (bicyclic) bond motifs is 1. The Kier molecular flexibility index (Phi) is 7.57. The van der Waals surface area contributed by atoms with Crippen LogP contribution in [0.5, 0.6) is 11.8 Å². The molecule has 0 spiro atoms. The topological polar surface area (TPSA) is 115 Å². The number of ether oxygens (including phenoxy) is 2. The Bertz CT molecular complexity index is 1720. The quantitative estimate of drug-likeness (QED) is 0.241. The molecule has 11 heteroatoms. The molecular weight excluding hydrogens is 579 g/mol. The van der Waals surface area contributed by atoms with Crippen LogP contribution in [-0.4, -0.2) is 64.5 Å². The highest BCUT2D eigenvalue weighted by Crippen LogP contribution is 2.46. The largest absolute Gasteiger partial charge is 0.481 e. The number of likely N-dealkylation sites (tertiary alicyclic amines) is 1. The van der Waals surface area contributed by atoms with E-state index >= 15 is 0 Å². The lowest BCUT2D eigenvalue weighted by atomic mass is 9.95. The van der Waals surface area contributed by atoms with Crippen LogP contribution >= 0.6 is 23.2 Å². The van der Waals surface area contributed by atoms with Crippen LogP contribution in [0.15, 0.2) is 48.7 Å². The minimum Gasteiger partial charge on any atom is -0.481 e. The second kappa shape index (κ2) is 11.3. The molecule has 1 atom stereocenters. The number of aryl methyl sites for hydroxylation is 1. The summed E-state index contributed by atoms with van der Waals surface area (Å²) in [6.07, 6.45) is 3.77. The van der Waals surface area contributed by atoms with Crippen molar-refractivity contribution in [2.75, 3.05) is 27.3 Å². The van der Waals surface area contributed by atoms with Crippen LogP contribution in [0.4, 0.5) is 0 Å². The van der Waals surface area contributed by atoms with Crippen LogP contribution in [0.2, 0.25) is 10.0 Å². The van der Waals surface area contributed by atoms with Crippen molar-refractivity contribution < 1.29 is 24.2 Å². The number of aromatic nitrogens is 3. The van der Waals surface area contributed by atoms with E-state index in [2.05, 4.69) is 14.9 Å². The first kappa shape index (κ1) is 28.1. The lowest BCUT2D eigenvalue weighted by molar-refractivity contribution is -0.148. The Labute approximate surface area is 252 Å². The van der Waals surface area contributed by atoms with Crippen molar-refractivity contribution in [3.63, 3.8) is 0 Å². The molecule has 9 nitrogen and oxygen atoms in total. The van der Waals surface area contributed by atoms with E-state index in [-0.39, 0.29) is 23.5 Å². The number of rotatable bonds is 8. The number of halogens is 2. The van der Waals surface area contributed by atoms with Crippen molar-refractivity contribution in [3.8, 4) is 45.4 Å². The molecule has 214 valence electrons. The Hall–Kier alpha value is -4.05. The average Bonchev–Trinajstić information content (AvgIpc) is 3.39. The highest BCUT2D eigenvalue weighted by atomic mass is 35.5. The normalized spacial score (nSPS) is 16.5. The van der Waals surface area contributed by atoms with E-state index < -0.39 is 5.97 Å². The van der Waals surface area contributed by atoms with E-state index in [1.54, 1.807) is 7.11 Å². The van der Waals surface area contributed by atoms with Gasteiger partial charge in [0.1, 0.15) is 0 Å². The Morgan fingerprint density at radius 1 is 0.952 bits per heavy atom. The summed E-state index contributed by atoms with van der Waals surface area (Å²) >= 11 is 14.0. The van der Waals surface area contributed by atoms with Gasteiger partial charge < -0.3 is 14.6 Å². The molecule has 2 aliphatic rings. The number of carboxylic acids is 1. The maximum Gasteiger partial charge on any atom is 0.309 e. The second-order valence-corrected chi connectivity index (χ2v) is 11.0. The SMILES string of the molecule is COc1nc(-c2cccc(-c3cccc(-c4cc5c(c(OC)n4)[C@H](N4CC(C(=O)O)C4)CC5)c3Cl)c2Cl)cnc1C=O. The van der Waals surface area contributed by atoms with E-state index in [9.17, 15) is 14.7 Å². The summed E-state index contributed by atoms with van der Waals surface area (Å²) in [6.45, 7) is 1.05. The van der Waals surface area contributed by atoms with Crippen molar-refractivity contribution in [2.24, 2.45) is 5.92 Å². The molecule has 3 heterocycles. The number of aldehydes is 1. The third-order valence-electron chi connectivity index (χ3n) is 7.93. The highest BCUT2D eigenvalue weighted by Gasteiger charge is 2.41. The standard InChI is InChI=1S/C31H26Cl2N4O5/c1-41-29-24(15-38)34-12-23(36-29)21-8-4-6-19(28(21)33)18-5-3-7-20(27(18)32)22-11-16-9-10-25(26(16)30(35-22)42-2)37-13-17(14-37)31(39)40/h3-8,11-12,15,17,25H,9-10,13-14H2,1-2H3,(H,39,40)/t25-/m1/s1. The van der Waals surface area contributed by atoms with Crippen LogP contribution in [-0.2, 0) is 11.2 Å². The number of hydrogen-bond donors (Lipinski definition) is 1. The lowest BCUT2D eigenvalue weighted by Crippen LogP contribution is -2.51. The third-order valence-corrected chi connectivity index (χ3v) is 8.75. The van der Waals surface area contributed by atoms with Crippen molar-refractivity contribution in [3.05, 3.63) is 75.5 Å². The summed E-state index contributed by atoms with van der Waals surface area (Å²) < 4.78 is 11.0. The van der Waals surface area contributed by atoms with Crippen molar-refractivity contribution in [1.29, 1.82) is 0 Å². The molecule has 0 unspecified atom stereocenters. The first-order valence-corrected chi connectivity index (χ1v) is 14.1. The molecule has 1 aliphatic carbocycles. The Balaban J connectivity index is 1.37. The molecule has 1 fully saturated rings. The molecule has 6 rings (SSSR count). The number of carbonyl (C=O) groups excluding carboxylic acids is 1. The monoisotopic (exact) mass is 604 g/mol. The van der Waals surface area contributed by atoms with Crippen molar-refractivity contribution in [1.82, 2.24) is 19.9 Å². The Morgan fingerprint density at radius 3 is 2.14 bits per heavy atom. The molecule has 4 aromatic rings. The molecule has 1 N–H and O–H groups in total. The molecule has 1 saturated heterocycles. The maximum atomic E-state index is 11.3. The van der Waals surface area contributed by atoms with Gasteiger partial charge in [-0.15, -0.1) is 0 Å². The van der Waals surface area contributed by atoms with Gasteiger partial charge in [-0.3, -0.25) is 14.5 Å². The summed E-state index contributed by atoms with van der Waals surface area (Å²) in [7, 11) is 3.02. The third kappa shape index (κ3) is 4.77. The zero-order valence-corrected chi connectivity index (χ0v) is 24.3. The van der Waals surface area contributed by atoms with Gasteiger partial charge >= 0.3 is 5.97 Å². The maximum absolute atomic E-state index is 11.3. The number of hydrogen-bond acceptors (Lipinski definition) is 8. The smallest absolute Gasteiger partial charge is 0.309 e. The second-order valence-electron chi connectivity index (χ2n) is 10.2. The van der Waals surface area contributed by atoms with Crippen LogP contribution in [0.25, 0.3) is 33.6 Å². The number of nitrogens with zero attached hydrogens (tertiary/aromatic N) is 4. The van der Waals surface area contributed by atoms with Gasteiger partial charge in [0.25, 0.3) is 0 Å². The summed E-state index contributed by atoms with van der Waals surface area (Å²) in [5.74, 6) is -0.451. The predicted octanol–water partition coefficient (Wildman–Crippen LogP) is 6.01. The van der Waals surface area contributed by atoms with Crippen molar-refractivity contribution in [2.45, 2.75) is 18.9 Å². The molecule has 0 radical (unpaired) electrons. The summed E-state index contributed by atoms with van der Waals surface area (Å²) in [6, 6.07) is 13.4. The van der Waals surface area contributed by atoms with Crippen LogP contribution in [0, 0.1) is 5.92 Å². The fourth-order valence-electron chi connectivity index (χ4n) is 5.78. The summed E-state index contributed by atoms with van der Waals surface area (Å²) in [4.78, 5) is 38.2. The first-order chi connectivity index (χ1) is 20.3. The number of benzene rings is 2. The number of carboxylic acid groups (broad SMARTS) is 1. The zero-order valence-electron chi connectivity index (χ0n) is 22.8. The van der Waals surface area contributed by atoms with Gasteiger partial charge in [-0.25, -0.2) is 15.0 Å². The van der Waals surface area contributed by atoms with E-state index in [1.807, 2.05) is 42.5 Å². The summed E-state index contributed by atoms with van der Waals surface area (Å²) in [5, 5.41) is 10.2. The molecule has 2 aromatic heterocycles. The van der Waals surface area contributed by atoms with Crippen LogP contribution < -0.4 is 9.47 Å². The van der Waals surface area contributed by atoms with Gasteiger partial charge in [0.15, 0.2) is 12.0 Å². The van der Waals surface area contributed by atoms with Gasteiger partial charge in [-0.05, 0) is 24.5 Å². The van der Waals surface area contributed by atoms with E-state index in [4.69, 9.17) is 37.7 Å². The molecular formula is C31H26Cl2N4O5.